The van der Waals surface area contributed by atoms with E-state index in [1.807, 2.05) is 18.2 Å². The second kappa shape index (κ2) is 8.04. The minimum absolute atomic E-state index is 0.213. The van der Waals surface area contributed by atoms with Gasteiger partial charge in [-0.25, -0.2) is 0 Å². The van der Waals surface area contributed by atoms with Crippen LogP contribution in [0.15, 0.2) is 72.8 Å². The van der Waals surface area contributed by atoms with Crippen molar-refractivity contribution >= 4 is 0 Å². The van der Waals surface area contributed by atoms with Gasteiger partial charge >= 0.3 is 0 Å². The van der Waals surface area contributed by atoms with Gasteiger partial charge < -0.3 is 0 Å². The molecule has 0 amide bonds. The maximum atomic E-state index is 8.72. The molecule has 0 spiro atoms. The number of allylic oxidation sites excluding steroid dienone is 1. The zero-order valence-electron chi connectivity index (χ0n) is 12.3. The van der Waals surface area contributed by atoms with E-state index in [4.69, 9.17) is 5.26 Å². The summed E-state index contributed by atoms with van der Waals surface area (Å²) in [5.41, 5.74) is 2.57. The van der Waals surface area contributed by atoms with Crippen molar-refractivity contribution in [2.45, 2.75) is 26.1 Å². The first-order valence-corrected chi connectivity index (χ1v) is 7.18. The maximum absolute atomic E-state index is 8.72. The van der Waals surface area contributed by atoms with Crippen LogP contribution >= 0.6 is 0 Å². The number of rotatable bonds is 6. The van der Waals surface area contributed by atoms with Gasteiger partial charge in [-0.05, 0) is 18.1 Å². The third-order valence-electron chi connectivity index (χ3n) is 3.48. The fourth-order valence-electron chi connectivity index (χ4n) is 2.28. The van der Waals surface area contributed by atoms with Crippen molar-refractivity contribution in [1.29, 1.82) is 5.26 Å². The highest BCUT2D eigenvalue weighted by atomic mass is 15.1. The van der Waals surface area contributed by atoms with Gasteiger partial charge in [0, 0.05) is 25.2 Å². The molecule has 2 aromatic rings. The number of hydrogen-bond acceptors (Lipinski definition) is 2. The minimum atomic E-state index is 0.213. The van der Waals surface area contributed by atoms with E-state index in [0.29, 0.717) is 0 Å². The van der Waals surface area contributed by atoms with Crippen LogP contribution in [0, 0.1) is 11.3 Å². The molecule has 0 radical (unpaired) electrons. The number of nitrogens with zero attached hydrogens (tertiary/aromatic N) is 2. The van der Waals surface area contributed by atoms with Crippen LogP contribution in [0.5, 0.6) is 0 Å². The Morgan fingerprint density at radius 3 is 1.86 bits per heavy atom. The molecule has 0 fully saturated rings. The molecule has 2 nitrogen and oxygen atoms in total. The van der Waals surface area contributed by atoms with E-state index in [-0.39, 0.29) is 6.04 Å². The third-order valence-corrected chi connectivity index (χ3v) is 3.48. The molecule has 0 heterocycles. The van der Waals surface area contributed by atoms with Crippen LogP contribution in [0.25, 0.3) is 0 Å². The van der Waals surface area contributed by atoms with Crippen LogP contribution in [0.4, 0.5) is 0 Å². The molecule has 21 heavy (non-hydrogen) atoms. The van der Waals surface area contributed by atoms with Crippen LogP contribution < -0.4 is 0 Å². The largest absolute Gasteiger partial charge is 0.289 e. The van der Waals surface area contributed by atoms with Crippen molar-refractivity contribution in [1.82, 2.24) is 4.90 Å². The minimum Gasteiger partial charge on any atom is -0.289 e. The lowest BCUT2D eigenvalue weighted by molar-refractivity contribution is 0.223. The second-order valence-electron chi connectivity index (χ2n) is 5.10. The fraction of sp³-hybridized carbons (Fsp3) is 0.211. The Morgan fingerprint density at radius 2 is 1.43 bits per heavy atom. The van der Waals surface area contributed by atoms with Crippen molar-refractivity contribution in [3.63, 3.8) is 0 Å². The quantitative estimate of drug-likeness (QED) is 0.741. The van der Waals surface area contributed by atoms with E-state index in [9.17, 15) is 0 Å². The first-order valence-electron chi connectivity index (χ1n) is 7.18. The van der Waals surface area contributed by atoms with E-state index < -0.39 is 0 Å². The van der Waals surface area contributed by atoms with Gasteiger partial charge in [0.25, 0.3) is 0 Å². The van der Waals surface area contributed by atoms with Crippen molar-refractivity contribution in [3.8, 4) is 6.07 Å². The average Bonchev–Trinajstić information content (AvgIpc) is 2.54. The van der Waals surface area contributed by atoms with Gasteiger partial charge in [0.15, 0.2) is 0 Å². The summed E-state index contributed by atoms with van der Waals surface area (Å²) in [7, 11) is 0. The first kappa shape index (κ1) is 15.0. The van der Waals surface area contributed by atoms with Crippen molar-refractivity contribution in [2.75, 3.05) is 0 Å². The van der Waals surface area contributed by atoms with Crippen LogP contribution in [0.3, 0.4) is 0 Å². The van der Waals surface area contributed by atoms with Crippen molar-refractivity contribution < 1.29 is 0 Å². The molecule has 106 valence electrons. The number of benzene rings is 2. The lowest BCUT2D eigenvalue weighted by atomic mass is 10.1. The molecule has 0 aliphatic heterocycles. The van der Waals surface area contributed by atoms with Crippen LogP contribution in [0.2, 0.25) is 0 Å². The smallest absolute Gasteiger partial charge is 0.0909 e. The summed E-state index contributed by atoms with van der Waals surface area (Å²) in [6.07, 6.45) is 3.51. The average molecular weight is 276 g/mol. The van der Waals surface area contributed by atoms with Crippen LogP contribution in [-0.4, -0.2) is 10.9 Å². The Bertz CT molecular complexity index is 555. The SMILES string of the molecule is C[C@@H](/C=C/C#N)N(Cc1ccccc1)Cc1ccccc1. The van der Waals surface area contributed by atoms with E-state index in [1.165, 1.54) is 11.1 Å². The summed E-state index contributed by atoms with van der Waals surface area (Å²) in [4.78, 5) is 2.36. The van der Waals surface area contributed by atoms with Gasteiger partial charge in [-0.15, -0.1) is 0 Å². The molecule has 2 heteroatoms. The molecule has 0 aliphatic carbocycles. The molecule has 2 aromatic carbocycles. The molecular formula is C19H20N2. The van der Waals surface area contributed by atoms with Crippen LogP contribution in [-0.2, 0) is 13.1 Å². The number of nitriles is 1. The topological polar surface area (TPSA) is 27.0 Å². The molecule has 0 bridgehead atoms. The van der Waals surface area contributed by atoms with Gasteiger partial charge in [-0.3, -0.25) is 4.90 Å². The second-order valence-corrected chi connectivity index (χ2v) is 5.10. The zero-order chi connectivity index (χ0) is 14.9. The highest BCUT2D eigenvalue weighted by Crippen LogP contribution is 2.14. The van der Waals surface area contributed by atoms with E-state index in [1.54, 1.807) is 6.08 Å². The van der Waals surface area contributed by atoms with Gasteiger partial charge in [0.2, 0.25) is 0 Å². The standard InChI is InChI=1S/C19H20N2/c1-17(9-8-14-20)21(15-18-10-4-2-5-11-18)16-19-12-6-3-7-13-19/h2-13,17H,15-16H2,1H3/b9-8+/t17-/m0/s1. The summed E-state index contributed by atoms with van der Waals surface area (Å²) >= 11 is 0. The van der Waals surface area contributed by atoms with Gasteiger partial charge in [0.05, 0.1) is 6.07 Å². The van der Waals surface area contributed by atoms with Gasteiger partial charge in [0.1, 0.15) is 0 Å². The highest BCUT2D eigenvalue weighted by molar-refractivity contribution is 5.18. The third kappa shape index (κ3) is 4.91. The number of hydrogen-bond donors (Lipinski definition) is 0. The van der Waals surface area contributed by atoms with E-state index >= 15 is 0 Å². The molecule has 2 rings (SSSR count). The zero-order valence-corrected chi connectivity index (χ0v) is 12.3. The maximum Gasteiger partial charge on any atom is 0.0909 e. The molecule has 0 N–H and O–H groups in total. The molecule has 0 aliphatic rings. The summed E-state index contributed by atoms with van der Waals surface area (Å²) < 4.78 is 0. The van der Waals surface area contributed by atoms with E-state index in [2.05, 4.69) is 66.4 Å². The summed E-state index contributed by atoms with van der Waals surface area (Å²) in [6, 6.07) is 23.1. The fourth-order valence-corrected chi connectivity index (χ4v) is 2.28. The normalized spacial score (nSPS) is 12.4. The van der Waals surface area contributed by atoms with E-state index in [0.717, 1.165) is 13.1 Å². The first-order chi connectivity index (χ1) is 10.3. The van der Waals surface area contributed by atoms with Gasteiger partial charge in [-0.1, -0.05) is 66.7 Å². The Balaban J connectivity index is 2.14. The predicted octanol–water partition coefficient (Wildman–Crippen LogP) is 4.16. The lowest BCUT2D eigenvalue weighted by Gasteiger charge is -2.27. The van der Waals surface area contributed by atoms with Crippen molar-refractivity contribution in [3.05, 3.63) is 83.9 Å². The lowest BCUT2D eigenvalue weighted by Crippen LogP contribution is -2.30. The molecule has 0 aromatic heterocycles. The summed E-state index contributed by atoms with van der Waals surface area (Å²) in [5.74, 6) is 0. The van der Waals surface area contributed by atoms with Crippen molar-refractivity contribution in [2.24, 2.45) is 0 Å². The monoisotopic (exact) mass is 276 g/mol. The Hall–Kier alpha value is -2.37. The molecule has 0 unspecified atom stereocenters. The molecule has 0 saturated carbocycles. The Labute approximate surface area is 127 Å². The van der Waals surface area contributed by atoms with Crippen LogP contribution in [0.1, 0.15) is 18.1 Å². The Kier molecular flexibility index (Phi) is 5.75. The Morgan fingerprint density at radius 1 is 0.952 bits per heavy atom. The summed E-state index contributed by atoms with van der Waals surface area (Å²) in [5, 5.41) is 8.72. The van der Waals surface area contributed by atoms with Gasteiger partial charge in [-0.2, -0.15) is 5.26 Å². The predicted molar refractivity (Wildman–Crippen MR) is 86.3 cm³/mol. The molecular weight excluding hydrogens is 256 g/mol. The molecule has 0 saturated heterocycles. The highest BCUT2D eigenvalue weighted by Gasteiger charge is 2.12. The summed E-state index contributed by atoms with van der Waals surface area (Å²) in [6.45, 7) is 3.86. The molecule has 1 atom stereocenters.